The summed E-state index contributed by atoms with van der Waals surface area (Å²) >= 11 is 12.0. The summed E-state index contributed by atoms with van der Waals surface area (Å²) in [6, 6.07) is 4.45. The Morgan fingerprint density at radius 1 is 1.24 bits per heavy atom. The normalized spacial score (nSPS) is 11.7. The smallest absolute Gasteiger partial charge is 0.263 e. The van der Waals surface area contributed by atoms with Crippen LogP contribution in [0, 0.1) is 6.92 Å². The van der Waals surface area contributed by atoms with E-state index in [1.807, 2.05) is 0 Å². The van der Waals surface area contributed by atoms with Crippen LogP contribution < -0.4 is 4.72 Å². The molecule has 8 heteroatoms. The number of aromatic nitrogens is 1. The maximum absolute atomic E-state index is 12.3. The molecule has 21 heavy (non-hydrogen) atoms. The van der Waals surface area contributed by atoms with Crippen molar-refractivity contribution in [1.29, 1.82) is 0 Å². The summed E-state index contributed by atoms with van der Waals surface area (Å²) in [5, 5.41) is 9.80. The fourth-order valence-corrected chi connectivity index (χ4v) is 3.46. The highest BCUT2D eigenvalue weighted by Gasteiger charge is 2.19. The quantitative estimate of drug-likeness (QED) is 0.892. The predicted octanol–water partition coefficient (Wildman–Crippen LogP) is 2.93. The first kappa shape index (κ1) is 16.2. The lowest BCUT2D eigenvalue weighted by molar-refractivity contribution is 0.272. The van der Waals surface area contributed by atoms with Crippen LogP contribution in [0.15, 0.2) is 29.3 Å². The van der Waals surface area contributed by atoms with Gasteiger partial charge in [0.05, 0.1) is 17.3 Å². The van der Waals surface area contributed by atoms with Crippen LogP contribution in [0.3, 0.4) is 0 Å². The summed E-state index contributed by atoms with van der Waals surface area (Å²) in [6.45, 7) is 1.53. The average molecular weight is 349 g/mol. The highest BCUT2D eigenvalue weighted by molar-refractivity contribution is 7.92. The monoisotopic (exact) mass is 348 g/mol. The van der Waals surface area contributed by atoms with Crippen LogP contribution >= 0.6 is 23.2 Å². The number of benzene rings is 1. The molecule has 2 N–H and O–H groups in total. The molecule has 5 nitrogen and oxygen atoms in total. The number of hydrogen-bond acceptors (Lipinski definition) is 3. The van der Waals surface area contributed by atoms with Crippen molar-refractivity contribution in [3.05, 3.63) is 45.7 Å². The molecule has 1 aromatic heterocycles. The third kappa shape index (κ3) is 3.35. The number of halogens is 2. The molecule has 0 fully saturated rings. The Labute approximate surface area is 133 Å². The van der Waals surface area contributed by atoms with Crippen molar-refractivity contribution in [3.8, 4) is 0 Å². The second-order valence-electron chi connectivity index (χ2n) is 4.62. The van der Waals surface area contributed by atoms with Crippen molar-refractivity contribution >= 4 is 38.9 Å². The number of sulfonamides is 1. The molecule has 1 aromatic carbocycles. The third-order valence-corrected chi connectivity index (χ3v) is 5.10. The number of aliphatic hydroxyl groups excluding tert-OH is 1. The number of aryl methyl sites for hydroxylation is 2. The van der Waals surface area contributed by atoms with Gasteiger partial charge in [-0.1, -0.05) is 23.2 Å². The van der Waals surface area contributed by atoms with Crippen LogP contribution in [0.25, 0.3) is 0 Å². The van der Waals surface area contributed by atoms with E-state index in [1.165, 1.54) is 22.9 Å². The average Bonchev–Trinajstić information content (AvgIpc) is 2.78. The molecule has 114 valence electrons. The van der Waals surface area contributed by atoms with E-state index >= 15 is 0 Å². The third-order valence-electron chi connectivity index (χ3n) is 3.05. The second kappa shape index (κ2) is 5.88. The first-order valence-corrected chi connectivity index (χ1v) is 8.23. The van der Waals surface area contributed by atoms with Crippen molar-refractivity contribution < 1.29 is 13.5 Å². The molecule has 0 radical (unpaired) electrons. The molecule has 1 heterocycles. The lowest BCUT2D eigenvalue weighted by Crippen LogP contribution is -2.12. The van der Waals surface area contributed by atoms with Gasteiger partial charge in [-0.05, 0) is 30.7 Å². The Morgan fingerprint density at radius 2 is 1.90 bits per heavy atom. The van der Waals surface area contributed by atoms with E-state index in [9.17, 15) is 8.42 Å². The van der Waals surface area contributed by atoms with Gasteiger partial charge in [0.2, 0.25) is 0 Å². The molecule has 0 aliphatic carbocycles. The van der Waals surface area contributed by atoms with E-state index < -0.39 is 10.0 Å². The van der Waals surface area contributed by atoms with Crippen LogP contribution in [0.1, 0.15) is 11.3 Å². The van der Waals surface area contributed by atoms with Gasteiger partial charge >= 0.3 is 0 Å². The molecule has 0 aliphatic rings. The van der Waals surface area contributed by atoms with Gasteiger partial charge < -0.3 is 9.67 Å². The topological polar surface area (TPSA) is 71.3 Å². The van der Waals surface area contributed by atoms with Gasteiger partial charge in [-0.15, -0.1) is 0 Å². The molecule has 0 atom stereocenters. The minimum Gasteiger partial charge on any atom is -0.390 e. The molecule has 0 saturated heterocycles. The SMILES string of the molecule is Cc1cc(Cl)c(NS(=O)(=O)c2cc(CO)n(C)c2)cc1Cl. The van der Waals surface area contributed by atoms with Gasteiger partial charge in [0.25, 0.3) is 10.0 Å². The zero-order valence-electron chi connectivity index (χ0n) is 11.4. The lowest BCUT2D eigenvalue weighted by atomic mass is 10.2. The second-order valence-corrected chi connectivity index (χ2v) is 7.12. The standard InChI is InChI=1S/C13H14Cl2N2O3S/c1-8-3-12(15)13(5-11(8)14)16-21(19,20)10-4-9(7-18)17(2)6-10/h3-6,16,18H,7H2,1-2H3. The number of rotatable bonds is 4. The minimum absolute atomic E-state index is 0.0433. The fourth-order valence-electron chi connectivity index (χ4n) is 1.81. The first-order chi connectivity index (χ1) is 9.74. The van der Waals surface area contributed by atoms with Crippen LogP contribution in [0.2, 0.25) is 10.0 Å². The molecular weight excluding hydrogens is 335 g/mol. The minimum atomic E-state index is -3.80. The zero-order chi connectivity index (χ0) is 15.8. The van der Waals surface area contributed by atoms with Gasteiger partial charge in [0.1, 0.15) is 4.90 Å². The van der Waals surface area contributed by atoms with E-state index in [0.717, 1.165) is 5.56 Å². The Kier molecular flexibility index (Phi) is 4.53. The van der Waals surface area contributed by atoms with E-state index in [0.29, 0.717) is 10.7 Å². The lowest BCUT2D eigenvalue weighted by Gasteiger charge is -2.10. The number of nitrogens with zero attached hydrogens (tertiary/aromatic N) is 1. The van der Waals surface area contributed by atoms with E-state index in [2.05, 4.69) is 4.72 Å². The van der Waals surface area contributed by atoms with Crippen molar-refractivity contribution in [1.82, 2.24) is 4.57 Å². The molecule has 0 unspecified atom stereocenters. The molecule has 2 aromatic rings. The van der Waals surface area contributed by atoms with Gasteiger partial charge in [-0.25, -0.2) is 8.42 Å². The summed E-state index contributed by atoms with van der Waals surface area (Å²) in [6.07, 6.45) is 1.41. The van der Waals surface area contributed by atoms with Gasteiger partial charge in [0, 0.05) is 24.0 Å². The highest BCUT2D eigenvalue weighted by atomic mass is 35.5. The van der Waals surface area contributed by atoms with Crippen molar-refractivity contribution in [3.63, 3.8) is 0 Å². The highest BCUT2D eigenvalue weighted by Crippen LogP contribution is 2.30. The number of anilines is 1. The maximum Gasteiger partial charge on any atom is 0.263 e. The van der Waals surface area contributed by atoms with Crippen molar-refractivity contribution in [2.75, 3.05) is 4.72 Å². The summed E-state index contributed by atoms with van der Waals surface area (Å²) in [4.78, 5) is 0.0433. The van der Waals surface area contributed by atoms with E-state index in [4.69, 9.17) is 28.3 Å². The predicted molar refractivity (Wildman–Crippen MR) is 83.3 cm³/mol. The van der Waals surface area contributed by atoms with Gasteiger partial charge in [-0.3, -0.25) is 4.72 Å². The Morgan fingerprint density at radius 3 is 2.48 bits per heavy atom. The number of hydrogen-bond donors (Lipinski definition) is 2. The number of aliphatic hydroxyl groups is 1. The summed E-state index contributed by atoms with van der Waals surface area (Å²) in [5.74, 6) is 0. The Hall–Kier alpha value is -1.21. The van der Waals surface area contributed by atoms with Gasteiger partial charge in [0.15, 0.2) is 0 Å². The van der Waals surface area contributed by atoms with Crippen LogP contribution in [-0.4, -0.2) is 18.1 Å². The van der Waals surface area contributed by atoms with E-state index in [1.54, 1.807) is 20.0 Å². The summed E-state index contributed by atoms with van der Waals surface area (Å²) in [7, 11) is -2.15. The summed E-state index contributed by atoms with van der Waals surface area (Å²) in [5.41, 5.74) is 1.46. The van der Waals surface area contributed by atoms with Crippen LogP contribution in [0.5, 0.6) is 0 Å². The Balaban J connectivity index is 2.39. The molecular formula is C13H14Cl2N2O3S. The molecule has 0 amide bonds. The zero-order valence-corrected chi connectivity index (χ0v) is 13.7. The molecule has 0 aliphatic heterocycles. The Bertz CT molecular complexity index is 785. The summed E-state index contributed by atoms with van der Waals surface area (Å²) < 4.78 is 28.6. The van der Waals surface area contributed by atoms with Crippen LogP contribution in [-0.2, 0) is 23.7 Å². The van der Waals surface area contributed by atoms with Crippen molar-refractivity contribution in [2.45, 2.75) is 18.4 Å². The molecule has 2 rings (SSSR count). The first-order valence-electron chi connectivity index (χ1n) is 5.99. The fraction of sp³-hybridized carbons (Fsp3) is 0.231. The maximum atomic E-state index is 12.3. The molecule has 0 bridgehead atoms. The van der Waals surface area contributed by atoms with Gasteiger partial charge in [-0.2, -0.15) is 0 Å². The molecule has 0 spiro atoms. The molecule has 0 saturated carbocycles. The van der Waals surface area contributed by atoms with Crippen molar-refractivity contribution in [2.24, 2.45) is 7.05 Å². The number of nitrogens with one attached hydrogen (secondary N) is 1. The van der Waals surface area contributed by atoms with E-state index in [-0.39, 0.29) is 22.2 Å². The van der Waals surface area contributed by atoms with Crippen LogP contribution in [0.4, 0.5) is 5.69 Å². The largest absolute Gasteiger partial charge is 0.390 e.